The van der Waals surface area contributed by atoms with E-state index >= 15 is 0 Å². The van der Waals surface area contributed by atoms with Gasteiger partial charge in [0, 0.05) is 60.7 Å². The van der Waals surface area contributed by atoms with Gasteiger partial charge in [-0.05, 0) is 73.0 Å². The second kappa shape index (κ2) is 11.5. The van der Waals surface area contributed by atoms with Crippen molar-refractivity contribution in [2.24, 2.45) is 5.92 Å². The molecule has 7 nitrogen and oxygen atoms in total. The zero-order valence-corrected chi connectivity index (χ0v) is 23.1. The van der Waals surface area contributed by atoms with Gasteiger partial charge < -0.3 is 19.7 Å². The van der Waals surface area contributed by atoms with Gasteiger partial charge in [0.2, 0.25) is 0 Å². The van der Waals surface area contributed by atoms with E-state index in [0.29, 0.717) is 43.0 Å². The standard InChI is InChI=1S/C34H31FN4O3/c1-2-17-38(28-7-4-3-5-8-28)34(42)25-13-16-31(29(19-25)36-33(41)24-11-14-27(35)15-12-24)37-20-23-18-26(22-37)30-9-6-10-32(40)39(30)21-23/h2-16,19,23,26H,1,17-18,20-22H2,(H,36,41). The average Bonchev–Trinajstić information content (AvgIpc) is 3.01. The number of rotatable bonds is 7. The number of hydrogen-bond donors (Lipinski definition) is 1. The molecule has 1 N–H and O–H groups in total. The van der Waals surface area contributed by atoms with Crippen LogP contribution in [0.15, 0.2) is 108 Å². The van der Waals surface area contributed by atoms with Crippen molar-refractivity contribution in [2.75, 3.05) is 34.8 Å². The number of halogens is 1. The number of nitrogens with one attached hydrogen (secondary N) is 1. The van der Waals surface area contributed by atoms with Gasteiger partial charge >= 0.3 is 0 Å². The van der Waals surface area contributed by atoms with E-state index in [1.54, 1.807) is 29.2 Å². The van der Waals surface area contributed by atoms with Gasteiger partial charge in [-0.1, -0.05) is 30.3 Å². The van der Waals surface area contributed by atoms with E-state index in [-0.39, 0.29) is 23.3 Å². The van der Waals surface area contributed by atoms with Crippen LogP contribution in [0.25, 0.3) is 0 Å². The lowest BCUT2D eigenvalue weighted by Crippen LogP contribution is -2.47. The minimum Gasteiger partial charge on any atom is -0.369 e. The molecule has 1 fully saturated rings. The second-order valence-corrected chi connectivity index (χ2v) is 10.8. The van der Waals surface area contributed by atoms with Crippen LogP contribution in [0.1, 0.15) is 38.7 Å². The Balaban J connectivity index is 1.36. The summed E-state index contributed by atoms with van der Waals surface area (Å²) in [6.07, 6.45) is 2.66. The number of anilines is 3. The molecule has 2 atom stereocenters. The Morgan fingerprint density at radius 2 is 1.69 bits per heavy atom. The Hall–Kier alpha value is -4.98. The van der Waals surface area contributed by atoms with E-state index in [9.17, 15) is 18.8 Å². The summed E-state index contributed by atoms with van der Waals surface area (Å²) in [5.74, 6) is -0.633. The molecule has 1 saturated heterocycles. The minimum atomic E-state index is -0.428. The van der Waals surface area contributed by atoms with E-state index in [4.69, 9.17) is 0 Å². The van der Waals surface area contributed by atoms with Crippen molar-refractivity contribution in [3.63, 3.8) is 0 Å². The molecule has 212 valence electrons. The van der Waals surface area contributed by atoms with Crippen molar-refractivity contribution >= 4 is 28.9 Å². The van der Waals surface area contributed by atoms with Crippen LogP contribution in [-0.2, 0) is 6.54 Å². The first-order valence-electron chi connectivity index (χ1n) is 14.0. The molecule has 3 heterocycles. The number of amides is 2. The molecule has 2 aliphatic rings. The number of hydrogen-bond acceptors (Lipinski definition) is 4. The molecule has 8 heteroatoms. The van der Waals surface area contributed by atoms with Gasteiger partial charge in [-0.3, -0.25) is 14.4 Å². The highest BCUT2D eigenvalue weighted by Gasteiger charge is 2.35. The monoisotopic (exact) mass is 562 g/mol. The van der Waals surface area contributed by atoms with Crippen molar-refractivity contribution < 1.29 is 14.0 Å². The summed E-state index contributed by atoms with van der Waals surface area (Å²) < 4.78 is 15.4. The maximum Gasteiger partial charge on any atom is 0.258 e. The highest BCUT2D eigenvalue weighted by atomic mass is 19.1. The lowest BCUT2D eigenvalue weighted by Gasteiger charge is -2.44. The fourth-order valence-corrected chi connectivity index (χ4v) is 6.13. The third kappa shape index (κ3) is 5.35. The number of para-hydroxylation sites is 1. The molecule has 6 rings (SSSR count). The van der Waals surface area contributed by atoms with Gasteiger partial charge in [0.15, 0.2) is 0 Å². The van der Waals surface area contributed by atoms with Crippen LogP contribution < -0.4 is 20.7 Å². The molecule has 0 saturated carbocycles. The number of pyridine rings is 1. The summed E-state index contributed by atoms with van der Waals surface area (Å²) in [4.78, 5) is 43.5. The fourth-order valence-electron chi connectivity index (χ4n) is 6.13. The molecule has 3 aromatic carbocycles. The Morgan fingerprint density at radius 3 is 2.45 bits per heavy atom. The van der Waals surface area contributed by atoms with Crippen LogP contribution >= 0.6 is 0 Å². The Bertz CT molecular complexity index is 1700. The first kappa shape index (κ1) is 27.2. The molecular formula is C34H31FN4O3. The van der Waals surface area contributed by atoms with Crippen LogP contribution in [0.5, 0.6) is 0 Å². The van der Waals surface area contributed by atoms with Gasteiger partial charge in [0.1, 0.15) is 5.82 Å². The molecule has 2 amide bonds. The van der Waals surface area contributed by atoms with Crippen LogP contribution in [-0.4, -0.2) is 36.0 Å². The molecule has 0 spiro atoms. The van der Waals surface area contributed by atoms with Crippen molar-refractivity contribution in [3.05, 3.63) is 137 Å². The van der Waals surface area contributed by atoms with E-state index in [1.165, 1.54) is 24.3 Å². The predicted molar refractivity (Wildman–Crippen MR) is 163 cm³/mol. The molecule has 2 unspecified atom stereocenters. The molecule has 4 aromatic rings. The van der Waals surface area contributed by atoms with Crippen molar-refractivity contribution in [2.45, 2.75) is 18.9 Å². The SMILES string of the molecule is C=CCN(C(=O)c1ccc(N2CC3CC(C2)c2cccc(=O)n2C3)c(NC(=O)c2ccc(F)cc2)c1)c1ccccc1. The second-order valence-electron chi connectivity index (χ2n) is 10.8. The van der Waals surface area contributed by atoms with Gasteiger partial charge in [0.05, 0.1) is 11.4 Å². The number of carbonyl (C=O) groups is 2. The lowest BCUT2D eigenvalue weighted by atomic mass is 9.83. The summed E-state index contributed by atoms with van der Waals surface area (Å²) in [6, 6.07) is 25.5. The smallest absolute Gasteiger partial charge is 0.258 e. The van der Waals surface area contributed by atoms with E-state index in [1.807, 2.05) is 53.1 Å². The first-order valence-corrected chi connectivity index (χ1v) is 14.0. The number of fused-ring (bicyclic) bond motifs is 4. The molecule has 1 aromatic heterocycles. The van der Waals surface area contributed by atoms with Crippen LogP contribution in [0.4, 0.5) is 21.5 Å². The van der Waals surface area contributed by atoms with Crippen molar-refractivity contribution in [3.8, 4) is 0 Å². The number of piperidine rings is 1. The topological polar surface area (TPSA) is 74.7 Å². The minimum absolute atomic E-state index is 0.0215. The van der Waals surface area contributed by atoms with E-state index in [0.717, 1.165) is 23.5 Å². The maximum absolute atomic E-state index is 13.8. The van der Waals surface area contributed by atoms with Crippen molar-refractivity contribution in [1.82, 2.24) is 4.57 Å². The normalized spacial score (nSPS) is 17.2. The van der Waals surface area contributed by atoms with Crippen LogP contribution in [0.2, 0.25) is 0 Å². The lowest BCUT2D eigenvalue weighted by molar-refractivity contribution is 0.0987. The molecule has 0 radical (unpaired) electrons. The first-order chi connectivity index (χ1) is 20.4. The number of carbonyl (C=O) groups excluding carboxylic acids is 2. The summed E-state index contributed by atoms with van der Waals surface area (Å²) in [6.45, 7) is 6.15. The van der Waals surface area contributed by atoms with Crippen LogP contribution in [0.3, 0.4) is 0 Å². The average molecular weight is 563 g/mol. The molecule has 42 heavy (non-hydrogen) atoms. The summed E-state index contributed by atoms with van der Waals surface area (Å²) in [5, 5.41) is 2.99. The zero-order valence-electron chi connectivity index (χ0n) is 23.1. The zero-order chi connectivity index (χ0) is 29.2. The number of nitrogens with zero attached hydrogens (tertiary/aromatic N) is 3. The quantitative estimate of drug-likeness (QED) is 0.294. The Kier molecular flexibility index (Phi) is 7.44. The summed E-state index contributed by atoms with van der Waals surface area (Å²) >= 11 is 0. The Morgan fingerprint density at radius 1 is 0.929 bits per heavy atom. The highest BCUT2D eigenvalue weighted by molar-refractivity contribution is 6.10. The highest BCUT2D eigenvalue weighted by Crippen LogP contribution is 2.39. The van der Waals surface area contributed by atoms with E-state index in [2.05, 4.69) is 16.8 Å². The number of benzene rings is 3. The molecule has 2 aliphatic heterocycles. The summed E-state index contributed by atoms with van der Waals surface area (Å²) in [7, 11) is 0. The molecule has 2 bridgehead atoms. The van der Waals surface area contributed by atoms with Crippen molar-refractivity contribution in [1.29, 1.82) is 0 Å². The van der Waals surface area contributed by atoms with Gasteiger partial charge in [-0.15, -0.1) is 6.58 Å². The number of aromatic nitrogens is 1. The largest absolute Gasteiger partial charge is 0.369 e. The molecule has 0 aliphatic carbocycles. The fraction of sp³-hybridized carbons (Fsp3) is 0.206. The predicted octanol–water partition coefficient (Wildman–Crippen LogP) is 5.70. The molecular weight excluding hydrogens is 531 g/mol. The summed E-state index contributed by atoms with van der Waals surface area (Å²) in [5.41, 5.74) is 3.78. The van der Waals surface area contributed by atoms with Gasteiger partial charge in [-0.2, -0.15) is 0 Å². The third-order valence-electron chi connectivity index (χ3n) is 8.04. The van der Waals surface area contributed by atoms with Gasteiger partial charge in [0.25, 0.3) is 17.4 Å². The van der Waals surface area contributed by atoms with Gasteiger partial charge in [-0.25, -0.2) is 4.39 Å². The van der Waals surface area contributed by atoms with E-state index < -0.39 is 11.7 Å². The Labute approximate surface area is 243 Å². The maximum atomic E-state index is 13.8. The third-order valence-corrected chi connectivity index (χ3v) is 8.04. The van der Waals surface area contributed by atoms with Crippen LogP contribution in [0, 0.1) is 11.7 Å².